The van der Waals surface area contributed by atoms with Crippen LogP contribution in [-0.2, 0) is 21.4 Å². The van der Waals surface area contributed by atoms with Crippen molar-refractivity contribution in [2.45, 2.75) is 11.4 Å². The second-order valence-electron chi connectivity index (χ2n) is 6.36. The predicted molar refractivity (Wildman–Crippen MR) is 123 cm³/mol. The zero-order valence-electron chi connectivity index (χ0n) is 15.9. The molecule has 0 aliphatic carbocycles. The summed E-state index contributed by atoms with van der Waals surface area (Å²) in [5.41, 5.74) is 1.15. The van der Waals surface area contributed by atoms with Crippen molar-refractivity contribution in [3.05, 3.63) is 87.4 Å². The Morgan fingerprint density at radius 1 is 0.871 bits per heavy atom. The normalized spacial score (nSPS) is 11.2. The lowest BCUT2D eigenvalue weighted by Gasteiger charge is -2.11. The molecule has 0 aliphatic heterocycles. The van der Waals surface area contributed by atoms with E-state index in [2.05, 4.69) is 10.0 Å². The summed E-state index contributed by atoms with van der Waals surface area (Å²) in [6.45, 7) is -0.131. The molecule has 0 aromatic heterocycles. The number of amides is 1. The maximum Gasteiger partial charge on any atom is 0.262 e. The molecule has 6 nitrogen and oxygen atoms in total. The summed E-state index contributed by atoms with van der Waals surface area (Å²) >= 11 is 17.8. The number of anilines is 1. The predicted octanol–water partition coefficient (Wildman–Crippen LogP) is 5.14. The van der Waals surface area contributed by atoms with E-state index in [1.165, 1.54) is 36.4 Å². The number of sulfonamides is 1. The van der Waals surface area contributed by atoms with Gasteiger partial charge in [0.15, 0.2) is 6.61 Å². The van der Waals surface area contributed by atoms with Crippen molar-refractivity contribution >= 4 is 56.4 Å². The van der Waals surface area contributed by atoms with Crippen molar-refractivity contribution in [1.29, 1.82) is 0 Å². The second-order valence-corrected chi connectivity index (χ2v) is 9.35. The molecule has 1 amide bonds. The minimum Gasteiger partial charge on any atom is -0.484 e. The number of benzene rings is 3. The van der Waals surface area contributed by atoms with Gasteiger partial charge in [-0.05, 0) is 42.0 Å². The Morgan fingerprint density at radius 2 is 1.52 bits per heavy atom. The molecule has 2 N–H and O–H groups in total. The van der Waals surface area contributed by atoms with Gasteiger partial charge in [-0.3, -0.25) is 4.79 Å². The van der Waals surface area contributed by atoms with Crippen LogP contribution < -0.4 is 14.8 Å². The monoisotopic (exact) mass is 498 g/mol. The van der Waals surface area contributed by atoms with Crippen molar-refractivity contribution < 1.29 is 17.9 Å². The Morgan fingerprint density at radius 3 is 2.19 bits per heavy atom. The van der Waals surface area contributed by atoms with Gasteiger partial charge >= 0.3 is 0 Å². The van der Waals surface area contributed by atoms with E-state index >= 15 is 0 Å². The van der Waals surface area contributed by atoms with Gasteiger partial charge in [-0.15, -0.1) is 0 Å². The van der Waals surface area contributed by atoms with Crippen molar-refractivity contribution in [1.82, 2.24) is 4.72 Å². The van der Waals surface area contributed by atoms with Crippen LogP contribution >= 0.6 is 34.8 Å². The number of carbonyl (C=O) groups is 1. The van der Waals surface area contributed by atoms with E-state index in [0.29, 0.717) is 11.4 Å². The molecule has 0 fully saturated rings. The Balaban J connectivity index is 1.55. The van der Waals surface area contributed by atoms with Crippen molar-refractivity contribution in [2.24, 2.45) is 0 Å². The Kier molecular flexibility index (Phi) is 7.80. The summed E-state index contributed by atoms with van der Waals surface area (Å²) < 4.78 is 32.8. The number of ether oxygens (including phenoxy) is 1. The van der Waals surface area contributed by atoms with Crippen LogP contribution in [0.15, 0.2) is 71.6 Å². The highest BCUT2D eigenvalue weighted by molar-refractivity contribution is 7.89. The summed E-state index contributed by atoms with van der Waals surface area (Å²) in [4.78, 5) is 12.2. The van der Waals surface area contributed by atoms with Crippen LogP contribution in [0.25, 0.3) is 0 Å². The molecule has 3 rings (SSSR count). The van der Waals surface area contributed by atoms with E-state index in [1.807, 2.05) is 30.3 Å². The molecule has 0 unspecified atom stereocenters. The van der Waals surface area contributed by atoms with E-state index in [4.69, 9.17) is 39.5 Å². The van der Waals surface area contributed by atoms with E-state index in [0.717, 1.165) is 5.56 Å². The molecule has 0 aliphatic rings. The van der Waals surface area contributed by atoms with E-state index in [1.54, 1.807) is 0 Å². The van der Waals surface area contributed by atoms with Crippen LogP contribution in [0, 0.1) is 0 Å². The third-order valence-corrected chi connectivity index (χ3v) is 6.55. The summed E-state index contributed by atoms with van der Waals surface area (Å²) in [5.74, 6) is -0.140. The summed E-state index contributed by atoms with van der Waals surface area (Å²) in [7, 11) is -3.68. The van der Waals surface area contributed by atoms with Gasteiger partial charge in [-0.25, -0.2) is 13.1 Å². The molecular formula is C21H17Cl3N2O4S. The first-order valence-corrected chi connectivity index (χ1v) is 11.6. The Bertz CT molecular complexity index is 1170. The van der Waals surface area contributed by atoms with Crippen LogP contribution in [0.2, 0.25) is 15.1 Å². The zero-order valence-corrected chi connectivity index (χ0v) is 19.0. The van der Waals surface area contributed by atoms with Crippen LogP contribution in [0.1, 0.15) is 5.56 Å². The fourth-order valence-corrected chi connectivity index (χ4v) is 4.14. The Labute approximate surface area is 195 Å². The quantitative estimate of drug-likeness (QED) is 0.420. The lowest BCUT2D eigenvalue weighted by atomic mass is 10.2. The smallest absolute Gasteiger partial charge is 0.262 e. The summed E-state index contributed by atoms with van der Waals surface area (Å²) in [6.07, 6.45) is 0. The number of carbonyl (C=O) groups excluding carboxylic acids is 1. The standard InChI is InChI=1S/C21H17Cl3N2O4S/c22-17-10-19(24)20(11-18(17)23)26-21(27)13-30-15-6-8-16(9-7-15)31(28,29)25-12-14-4-2-1-3-5-14/h1-11,25H,12-13H2,(H,26,27). The number of halogens is 3. The number of hydrogen-bond donors (Lipinski definition) is 2. The highest BCUT2D eigenvalue weighted by atomic mass is 35.5. The van der Waals surface area contributed by atoms with Crippen LogP contribution in [-0.4, -0.2) is 20.9 Å². The maximum absolute atomic E-state index is 12.4. The minimum atomic E-state index is -3.68. The second kappa shape index (κ2) is 10.3. The first kappa shape index (κ1) is 23.4. The number of rotatable bonds is 8. The van der Waals surface area contributed by atoms with Gasteiger partial charge in [0.05, 0.1) is 25.7 Å². The van der Waals surface area contributed by atoms with Gasteiger partial charge in [0.25, 0.3) is 5.91 Å². The fraction of sp³-hybridized carbons (Fsp3) is 0.0952. The molecule has 10 heteroatoms. The number of hydrogen-bond acceptors (Lipinski definition) is 4. The van der Waals surface area contributed by atoms with Crippen LogP contribution in [0.5, 0.6) is 5.75 Å². The van der Waals surface area contributed by atoms with E-state index in [9.17, 15) is 13.2 Å². The van der Waals surface area contributed by atoms with Gasteiger partial charge in [0.1, 0.15) is 5.75 Å². The van der Waals surface area contributed by atoms with E-state index < -0.39 is 15.9 Å². The third-order valence-electron chi connectivity index (χ3n) is 4.10. The average Bonchev–Trinajstić information content (AvgIpc) is 2.76. The van der Waals surface area contributed by atoms with Crippen molar-refractivity contribution in [3.8, 4) is 5.75 Å². The van der Waals surface area contributed by atoms with Gasteiger partial charge in [0.2, 0.25) is 10.0 Å². The SMILES string of the molecule is O=C(COc1ccc(S(=O)(=O)NCc2ccccc2)cc1)Nc1cc(Cl)c(Cl)cc1Cl. The molecule has 3 aromatic rings. The molecule has 0 radical (unpaired) electrons. The Hall–Kier alpha value is -2.29. The first-order valence-electron chi connectivity index (χ1n) is 8.95. The van der Waals surface area contributed by atoms with Crippen LogP contribution in [0.4, 0.5) is 5.69 Å². The summed E-state index contributed by atoms with van der Waals surface area (Å²) in [6, 6.07) is 17.8. The summed E-state index contributed by atoms with van der Waals surface area (Å²) in [5, 5.41) is 3.33. The first-order chi connectivity index (χ1) is 14.7. The third kappa shape index (κ3) is 6.59. The zero-order chi connectivity index (χ0) is 22.4. The largest absolute Gasteiger partial charge is 0.484 e. The molecular weight excluding hydrogens is 483 g/mol. The molecule has 0 saturated heterocycles. The molecule has 0 heterocycles. The molecule has 0 spiro atoms. The highest BCUT2D eigenvalue weighted by Gasteiger charge is 2.14. The van der Waals surface area contributed by atoms with Gasteiger partial charge in [0, 0.05) is 6.54 Å². The van der Waals surface area contributed by atoms with Gasteiger partial charge < -0.3 is 10.1 Å². The molecule has 3 aromatic carbocycles. The fourth-order valence-electron chi connectivity index (χ4n) is 2.53. The molecule has 31 heavy (non-hydrogen) atoms. The van der Waals surface area contributed by atoms with E-state index in [-0.39, 0.29) is 33.1 Å². The molecule has 0 atom stereocenters. The molecule has 162 valence electrons. The van der Waals surface area contributed by atoms with Crippen molar-refractivity contribution in [3.63, 3.8) is 0 Å². The number of nitrogens with one attached hydrogen (secondary N) is 2. The molecule has 0 bridgehead atoms. The van der Waals surface area contributed by atoms with Crippen molar-refractivity contribution in [2.75, 3.05) is 11.9 Å². The topological polar surface area (TPSA) is 84.5 Å². The minimum absolute atomic E-state index is 0.0859. The lowest BCUT2D eigenvalue weighted by molar-refractivity contribution is -0.118. The highest BCUT2D eigenvalue weighted by Crippen LogP contribution is 2.32. The maximum atomic E-state index is 12.4. The van der Waals surface area contributed by atoms with Gasteiger partial charge in [-0.2, -0.15) is 0 Å². The molecule has 0 saturated carbocycles. The van der Waals surface area contributed by atoms with Gasteiger partial charge in [-0.1, -0.05) is 65.1 Å². The average molecular weight is 500 g/mol. The lowest BCUT2D eigenvalue weighted by Crippen LogP contribution is -2.23. The van der Waals surface area contributed by atoms with Crippen LogP contribution in [0.3, 0.4) is 0 Å².